The summed E-state index contributed by atoms with van der Waals surface area (Å²) in [5.74, 6) is 0.312. The Labute approximate surface area is 96.5 Å². The highest BCUT2D eigenvalue weighted by atomic mass is 16.1. The van der Waals surface area contributed by atoms with Crippen LogP contribution in [-0.4, -0.2) is 5.78 Å². The molecule has 1 atom stereocenters. The van der Waals surface area contributed by atoms with Gasteiger partial charge in [-0.25, -0.2) is 0 Å². The van der Waals surface area contributed by atoms with Gasteiger partial charge in [0.2, 0.25) is 0 Å². The molecule has 0 saturated carbocycles. The second-order valence-corrected chi connectivity index (χ2v) is 4.28. The number of benzene rings is 1. The minimum atomic E-state index is 0.0743. The summed E-state index contributed by atoms with van der Waals surface area (Å²) in [6.07, 6.45) is 7.54. The first kappa shape index (κ1) is 10.9. The molecule has 0 bridgehead atoms. The monoisotopic (exact) mass is 212 g/mol. The molecule has 2 rings (SSSR count). The van der Waals surface area contributed by atoms with Crippen LogP contribution in [0.3, 0.4) is 0 Å². The lowest BCUT2D eigenvalue weighted by Crippen LogP contribution is -2.13. The Hall–Kier alpha value is -1.63. The Balaban J connectivity index is 1.96. The molecule has 1 aromatic rings. The van der Waals surface area contributed by atoms with Gasteiger partial charge in [-0.2, -0.15) is 0 Å². The first-order valence-corrected chi connectivity index (χ1v) is 5.70. The van der Waals surface area contributed by atoms with Gasteiger partial charge in [-0.15, -0.1) is 0 Å². The number of rotatable bonds is 3. The van der Waals surface area contributed by atoms with Crippen LogP contribution in [0.25, 0.3) is 0 Å². The molecule has 0 saturated heterocycles. The molecule has 1 aliphatic carbocycles. The maximum absolute atomic E-state index is 11.6. The molecule has 0 aliphatic heterocycles. The van der Waals surface area contributed by atoms with Crippen molar-refractivity contribution in [3.05, 3.63) is 59.7 Å². The van der Waals surface area contributed by atoms with E-state index in [2.05, 4.69) is 18.2 Å². The van der Waals surface area contributed by atoms with Gasteiger partial charge in [0.1, 0.15) is 0 Å². The summed E-state index contributed by atoms with van der Waals surface area (Å²) in [4.78, 5) is 11.6. The third-order valence-electron chi connectivity index (χ3n) is 2.93. The molecule has 1 aromatic carbocycles. The van der Waals surface area contributed by atoms with Crippen molar-refractivity contribution in [2.24, 2.45) is 5.92 Å². The maximum Gasteiger partial charge on any atom is 0.162 e. The van der Waals surface area contributed by atoms with Crippen LogP contribution in [-0.2, 0) is 11.2 Å². The van der Waals surface area contributed by atoms with Crippen molar-refractivity contribution in [3.63, 3.8) is 0 Å². The number of hydrogen-bond acceptors (Lipinski definition) is 1. The summed E-state index contributed by atoms with van der Waals surface area (Å²) in [5, 5.41) is 0. The van der Waals surface area contributed by atoms with Crippen LogP contribution >= 0.6 is 0 Å². The van der Waals surface area contributed by atoms with E-state index >= 15 is 0 Å². The maximum atomic E-state index is 11.6. The molecule has 1 nitrogen and oxygen atoms in total. The second-order valence-electron chi connectivity index (χ2n) is 4.28. The lowest BCUT2D eigenvalue weighted by atomic mass is 9.90. The molecule has 16 heavy (non-hydrogen) atoms. The smallest absolute Gasteiger partial charge is 0.162 e. The van der Waals surface area contributed by atoms with E-state index in [9.17, 15) is 4.79 Å². The number of ketones is 1. The molecule has 0 aromatic heterocycles. The highest BCUT2D eigenvalue weighted by Crippen LogP contribution is 2.18. The number of hydrogen-bond donors (Lipinski definition) is 0. The Morgan fingerprint density at radius 1 is 1.12 bits per heavy atom. The first-order chi connectivity index (χ1) is 7.75. The van der Waals surface area contributed by atoms with Crippen LogP contribution in [0.2, 0.25) is 0 Å². The van der Waals surface area contributed by atoms with Crippen LogP contribution in [0.15, 0.2) is 54.1 Å². The van der Waals surface area contributed by atoms with Crippen LogP contribution in [0, 0.1) is 5.92 Å². The SMILES string of the molecule is CC1=CC(CCc2ccccc2)C(=O)C=C1. The quantitative estimate of drug-likeness (QED) is 0.751. The zero-order valence-corrected chi connectivity index (χ0v) is 9.52. The highest BCUT2D eigenvalue weighted by Gasteiger charge is 2.16. The summed E-state index contributed by atoms with van der Waals surface area (Å²) in [7, 11) is 0. The van der Waals surface area contributed by atoms with Gasteiger partial charge in [-0.05, 0) is 31.4 Å². The predicted molar refractivity (Wildman–Crippen MR) is 66.2 cm³/mol. The average Bonchev–Trinajstić information content (AvgIpc) is 2.32. The van der Waals surface area contributed by atoms with Gasteiger partial charge in [-0.1, -0.05) is 48.1 Å². The summed E-state index contributed by atoms with van der Waals surface area (Å²) in [5.41, 5.74) is 2.49. The molecule has 82 valence electrons. The van der Waals surface area contributed by atoms with E-state index in [0.29, 0.717) is 0 Å². The van der Waals surface area contributed by atoms with E-state index in [4.69, 9.17) is 0 Å². The molecule has 1 unspecified atom stereocenters. The fourth-order valence-corrected chi connectivity index (χ4v) is 1.98. The molecule has 1 aliphatic rings. The van der Waals surface area contributed by atoms with Crippen molar-refractivity contribution < 1.29 is 4.79 Å². The Kier molecular flexibility index (Phi) is 3.35. The normalized spacial score (nSPS) is 19.7. The van der Waals surface area contributed by atoms with Crippen molar-refractivity contribution >= 4 is 5.78 Å². The van der Waals surface area contributed by atoms with E-state index in [-0.39, 0.29) is 11.7 Å². The summed E-state index contributed by atoms with van der Waals surface area (Å²) < 4.78 is 0. The zero-order chi connectivity index (χ0) is 11.4. The lowest BCUT2D eigenvalue weighted by Gasteiger charge is -2.13. The highest BCUT2D eigenvalue weighted by molar-refractivity contribution is 5.94. The van der Waals surface area contributed by atoms with Crippen molar-refractivity contribution in [1.82, 2.24) is 0 Å². The third kappa shape index (κ3) is 2.69. The predicted octanol–water partition coefficient (Wildman–Crippen LogP) is 3.32. The van der Waals surface area contributed by atoms with Gasteiger partial charge < -0.3 is 0 Å². The lowest BCUT2D eigenvalue weighted by molar-refractivity contribution is -0.117. The van der Waals surface area contributed by atoms with Gasteiger partial charge >= 0.3 is 0 Å². The summed E-state index contributed by atoms with van der Waals surface area (Å²) in [6, 6.07) is 10.3. The largest absolute Gasteiger partial charge is 0.294 e. The summed E-state index contributed by atoms with van der Waals surface area (Å²) >= 11 is 0. The van der Waals surface area contributed by atoms with E-state index in [0.717, 1.165) is 12.8 Å². The Bertz CT molecular complexity index is 426. The van der Waals surface area contributed by atoms with Crippen molar-refractivity contribution in [3.8, 4) is 0 Å². The van der Waals surface area contributed by atoms with Gasteiger partial charge in [0, 0.05) is 5.92 Å². The van der Waals surface area contributed by atoms with Crippen LogP contribution in [0.1, 0.15) is 18.9 Å². The number of carbonyl (C=O) groups excluding carboxylic acids is 1. The Morgan fingerprint density at radius 3 is 2.62 bits per heavy atom. The van der Waals surface area contributed by atoms with Gasteiger partial charge in [0.15, 0.2) is 5.78 Å². The zero-order valence-electron chi connectivity index (χ0n) is 9.52. The van der Waals surface area contributed by atoms with E-state index in [1.807, 2.05) is 31.2 Å². The van der Waals surface area contributed by atoms with Gasteiger partial charge in [0.25, 0.3) is 0 Å². The molecule has 0 amide bonds. The number of allylic oxidation sites excluding steroid dienone is 4. The van der Waals surface area contributed by atoms with E-state index in [1.165, 1.54) is 11.1 Å². The molecular formula is C15H16O. The van der Waals surface area contributed by atoms with Gasteiger partial charge in [0.05, 0.1) is 0 Å². The molecule has 0 spiro atoms. The van der Waals surface area contributed by atoms with Crippen molar-refractivity contribution in [1.29, 1.82) is 0 Å². The molecule has 0 heterocycles. The number of carbonyl (C=O) groups is 1. The van der Waals surface area contributed by atoms with Crippen molar-refractivity contribution in [2.75, 3.05) is 0 Å². The average molecular weight is 212 g/mol. The molecular weight excluding hydrogens is 196 g/mol. The van der Waals surface area contributed by atoms with Crippen LogP contribution in [0.5, 0.6) is 0 Å². The molecule has 0 radical (unpaired) electrons. The van der Waals surface area contributed by atoms with Gasteiger partial charge in [-0.3, -0.25) is 4.79 Å². The second kappa shape index (κ2) is 4.93. The summed E-state index contributed by atoms with van der Waals surface area (Å²) in [6.45, 7) is 2.04. The fraction of sp³-hybridized carbons (Fsp3) is 0.267. The Morgan fingerprint density at radius 2 is 1.88 bits per heavy atom. The van der Waals surface area contributed by atoms with E-state index < -0.39 is 0 Å². The fourth-order valence-electron chi connectivity index (χ4n) is 1.98. The first-order valence-electron chi connectivity index (χ1n) is 5.70. The third-order valence-corrected chi connectivity index (χ3v) is 2.93. The topological polar surface area (TPSA) is 17.1 Å². The van der Waals surface area contributed by atoms with Crippen molar-refractivity contribution in [2.45, 2.75) is 19.8 Å². The molecule has 1 heteroatoms. The minimum absolute atomic E-state index is 0.0743. The minimum Gasteiger partial charge on any atom is -0.294 e. The standard InChI is InChI=1S/C15H16O/c1-12-7-10-15(16)14(11-12)9-8-13-5-3-2-4-6-13/h2-7,10-11,14H,8-9H2,1H3. The molecule has 0 N–H and O–H groups in total. The van der Waals surface area contributed by atoms with E-state index in [1.54, 1.807) is 6.08 Å². The number of aryl methyl sites for hydroxylation is 1. The molecule has 0 fully saturated rings. The van der Waals surface area contributed by atoms with Crippen LogP contribution in [0.4, 0.5) is 0 Å². The van der Waals surface area contributed by atoms with Crippen LogP contribution < -0.4 is 0 Å².